The van der Waals surface area contributed by atoms with Gasteiger partial charge in [0, 0.05) is 42.2 Å². The van der Waals surface area contributed by atoms with Gasteiger partial charge in [-0.25, -0.2) is 0 Å². The molecule has 1 aromatic heterocycles. The quantitative estimate of drug-likeness (QED) is 0.834. The van der Waals surface area contributed by atoms with Crippen LogP contribution in [-0.2, 0) is 11.3 Å². The fourth-order valence-corrected chi connectivity index (χ4v) is 3.85. The van der Waals surface area contributed by atoms with Crippen molar-refractivity contribution in [2.75, 3.05) is 26.2 Å². The second-order valence-corrected chi connectivity index (χ2v) is 7.75. The molecular weight excluding hydrogens is 328 g/mol. The third-order valence-corrected chi connectivity index (χ3v) is 5.65. The summed E-state index contributed by atoms with van der Waals surface area (Å²) in [4.78, 5) is 21.6. The smallest absolute Gasteiger partial charge is 0.228 e. The molecule has 2 aliphatic heterocycles. The van der Waals surface area contributed by atoms with Gasteiger partial charge in [0.2, 0.25) is 5.91 Å². The van der Waals surface area contributed by atoms with E-state index in [1.54, 1.807) is 6.20 Å². The largest absolute Gasteiger partial charge is 0.490 e. The van der Waals surface area contributed by atoms with Crippen molar-refractivity contribution in [2.24, 2.45) is 11.3 Å². The number of allylic oxidation sites excluding steroid dienone is 1. The van der Waals surface area contributed by atoms with Gasteiger partial charge in [-0.3, -0.25) is 9.78 Å². The molecule has 138 valence electrons. The third kappa shape index (κ3) is 3.26. The van der Waals surface area contributed by atoms with E-state index in [2.05, 4.69) is 22.5 Å². The Morgan fingerprint density at radius 1 is 1.38 bits per heavy atom. The Morgan fingerprint density at radius 2 is 2.15 bits per heavy atom. The monoisotopic (exact) mass is 354 g/mol. The van der Waals surface area contributed by atoms with Crippen LogP contribution in [0, 0.1) is 22.7 Å². The van der Waals surface area contributed by atoms with Crippen LogP contribution >= 0.6 is 0 Å². The Morgan fingerprint density at radius 3 is 2.81 bits per heavy atom. The van der Waals surface area contributed by atoms with Crippen LogP contribution in [-0.4, -0.2) is 46.9 Å². The summed E-state index contributed by atoms with van der Waals surface area (Å²) < 4.78 is 5.76. The molecule has 3 rings (SSSR count). The maximum atomic E-state index is 13.3. The van der Waals surface area contributed by atoms with E-state index in [1.807, 2.05) is 25.7 Å². The van der Waals surface area contributed by atoms with Gasteiger partial charge < -0.3 is 14.5 Å². The number of aromatic nitrogens is 1. The van der Waals surface area contributed by atoms with Crippen LogP contribution in [0.4, 0.5) is 0 Å². The minimum atomic E-state index is -0.463. The zero-order valence-electron chi connectivity index (χ0n) is 15.8. The van der Waals surface area contributed by atoms with Gasteiger partial charge in [0.1, 0.15) is 24.0 Å². The van der Waals surface area contributed by atoms with E-state index >= 15 is 0 Å². The van der Waals surface area contributed by atoms with Crippen LogP contribution in [0.25, 0.3) is 0 Å². The Hall–Kier alpha value is -2.55. The van der Waals surface area contributed by atoms with Crippen LogP contribution in [0.5, 0.6) is 5.75 Å². The van der Waals surface area contributed by atoms with Gasteiger partial charge in [-0.15, -0.1) is 0 Å². The summed E-state index contributed by atoms with van der Waals surface area (Å²) in [5.74, 6) is 0.980. The lowest BCUT2D eigenvalue weighted by Crippen LogP contribution is -2.45. The molecule has 1 amide bonds. The fourth-order valence-electron chi connectivity index (χ4n) is 3.85. The number of nitrogens with zero attached hydrogens (tertiary/aromatic N) is 4. The predicted octanol–water partition coefficient (Wildman–Crippen LogP) is 2.56. The molecule has 0 radical (unpaired) electrons. The molecule has 0 N–H and O–H groups in total. The van der Waals surface area contributed by atoms with E-state index < -0.39 is 5.41 Å². The van der Waals surface area contributed by atoms with Crippen molar-refractivity contribution in [1.82, 2.24) is 14.8 Å². The highest BCUT2D eigenvalue weighted by Gasteiger charge is 2.43. The van der Waals surface area contributed by atoms with Gasteiger partial charge in [-0.05, 0) is 19.3 Å². The second kappa shape index (κ2) is 6.99. The summed E-state index contributed by atoms with van der Waals surface area (Å²) >= 11 is 0. The van der Waals surface area contributed by atoms with Crippen LogP contribution in [0.1, 0.15) is 38.3 Å². The lowest BCUT2D eigenvalue weighted by atomic mass is 9.77. The average molecular weight is 354 g/mol. The molecule has 1 fully saturated rings. The standard InChI is InChI=1S/C20H26N4O2/c1-14(2)23-6-5-17(13-23)20(3,4)19(25)24-7-8-26-18-15(9-21)10-22-11-16(18)12-24/h10-11,17H,1,5-8,12-13H2,2-4H3. The lowest BCUT2D eigenvalue weighted by molar-refractivity contribution is -0.144. The van der Waals surface area contributed by atoms with Crippen molar-refractivity contribution in [3.8, 4) is 11.8 Å². The number of pyridine rings is 1. The molecule has 1 atom stereocenters. The maximum Gasteiger partial charge on any atom is 0.228 e. The number of rotatable bonds is 3. The number of likely N-dealkylation sites (tertiary alicyclic amines) is 1. The van der Waals surface area contributed by atoms with Crippen molar-refractivity contribution in [3.05, 3.63) is 35.8 Å². The molecule has 26 heavy (non-hydrogen) atoms. The molecular formula is C20H26N4O2. The van der Waals surface area contributed by atoms with E-state index in [9.17, 15) is 10.1 Å². The molecule has 0 aromatic carbocycles. The summed E-state index contributed by atoms with van der Waals surface area (Å²) in [6.45, 7) is 13.3. The predicted molar refractivity (Wildman–Crippen MR) is 98.1 cm³/mol. The van der Waals surface area contributed by atoms with E-state index in [1.165, 1.54) is 6.20 Å². The second-order valence-electron chi connectivity index (χ2n) is 7.75. The van der Waals surface area contributed by atoms with E-state index in [4.69, 9.17) is 4.74 Å². The zero-order valence-corrected chi connectivity index (χ0v) is 15.8. The number of carbonyl (C=O) groups excluding carboxylic acids is 1. The van der Waals surface area contributed by atoms with Crippen LogP contribution < -0.4 is 4.74 Å². The van der Waals surface area contributed by atoms with Gasteiger partial charge in [-0.2, -0.15) is 5.26 Å². The van der Waals surface area contributed by atoms with Gasteiger partial charge in [0.05, 0.1) is 13.1 Å². The molecule has 0 bridgehead atoms. The topological polar surface area (TPSA) is 69.5 Å². The number of amides is 1. The lowest BCUT2D eigenvalue weighted by Gasteiger charge is -2.35. The van der Waals surface area contributed by atoms with Gasteiger partial charge in [0.15, 0.2) is 0 Å². The summed E-state index contributed by atoms with van der Waals surface area (Å²) in [7, 11) is 0. The SMILES string of the molecule is C=C(C)N1CCC(C(C)(C)C(=O)N2CCOc3c(C#N)cncc3C2)C1. The summed E-state index contributed by atoms with van der Waals surface area (Å²) in [6.07, 6.45) is 4.19. The molecule has 3 heterocycles. The molecule has 6 nitrogen and oxygen atoms in total. The molecule has 1 saturated heterocycles. The van der Waals surface area contributed by atoms with E-state index in [-0.39, 0.29) is 5.91 Å². The summed E-state index contributed by atoms with van der Waals surface area (Å²) in [6, 6.07) is 2.11. The Kier molecular flexibility index (Phi) is 4.90. The molecule has 6 heteroatoms. The summed E-state index contributed by atoms with van der Waals surface area (Å²) in [5.41, 5.74) is 1.81. The molecule has 1 unspecified atom stereocenters. The van der Waals surface area contributed by atoms with Crippen LogP contribution in [0.3, 0.4) is 0 Å². The fraction of sp³-hybridized carbons (Fsp3) is 0.550. The van der Waals surface area contributed by atoms with Crippen LogP contribution in [0.2, 0.25) is 0 Å². The van der Waals surface area contributed by atoms with Gasteiger partial charge >= 0.3 is 0 Å². The highest BCUT2D eigenvalue weighted by molar-refractivity contribution is 5.82. The normalized spacial score (nSPS) is 20.0. The third-order valence-electron chi connectivity index (χ3n) is 5.65. The number of ether oxygens (including phenoxy) is 1. The Labute approximate surface area is 155 Å². The minimum Gasteiger partial charge on any atom is -0.490 e. The first-order valence-electron chi connectivity index (χ1n) is 9.04. The number of hydrogen-bond acceptors (Lipinski definition) is 5. The molecule has 2 aliphatic rings. The van der Waals surface area contributed by atoms with Crippen molar-refractivity contribution < 1.29 is 9.53 Å². The molecule has 0 spiro atoms. The highest BCUT2D eigenvalue weighted by Crippen LogP contribution is 2.38. The van der Waals surface area contributed by atoms with Crippen molar-refractivity contribution >= 4 is 5.91 Å². The minimum absolute atomic E-state index is 0.130. The highest BCUT2D eigenvalue weighted by atomic mass is 16.5. The van der Waals surface area contributed by atoms with Gasteiger partial charge in [-0.1, -0.05) is 20.4 Å². The molecule has 0 aliphatic carbocycles. The molecule has 0 saturated carbocycles. The maximum absolute atomic E-state index is 13.3. The first-order valence-corrected chi connectivity index (χ1v) is 9.04. The number of fused-ring (bicyclic) bond motifs is 1. The van der Waals surface area contributed by atoms with Crippen molar-refractivity contribution in [2.45, 2.75) is 33.7 Å². The summed E-state index contributed by atoms with van der Waals surface area (Å²) in [5, 5.41) is 9.24. The number of hydrogen-bond donors (Lipinski definition) is 0. The van der Waals surface area contributed by atoms with Gasteiger partial charge in [0.25, 0.3) is 0 Å². The first kappa shape index (κ1) is 18.2. The van der Waals surface area contributed by atoms with E-state index in [0.717, 1.165) is 30.8 Å². The van der Waals surface area contributed by atoms with Crippen molar-refractivity contribution in [1.29, 1.82) is 5.26 Å². The first-order chi connectivity index (χ1) is 12.3. The zero-order chi connectivity index (χ0) is 18.9. The Bertz CT molecular complexity index is 766. The average Bonchev–Trinajstić information content (AvgIpc) is 3.03. The van der Waals surface area contributed by atoms with Crippen LogP contribution in [0.15, 0.2) is 24.7 Å². The van der Waals surface area contributed by atoms with Crippen molar-refractivity contribution in [3.63, 3.8) is 0 Å². The number of carbonyl (C=O) groups is 1. The number of nitriles is 1. The van der Waals surface area contributed by atoms with E-state index in [0.29, 0.717) is 36.9 Å². The Balaban J connectivity index is 1.79. The molecule has 1 aromatic rings.